The summed E-state index contributed by atoms with van der Waals surface area (Å²) in [6, 6.07) is 22.0. The first-order valence-corrected chi connectivity index (χ1v) is 7.54. The van der Waals surface area contributed by atoms with E-state index < -0.39 is 5.91 Å². The number of para-hydroxylation sites is 3. The Labute approximate surface area is 140 Å². The zero-order chi connectivity index (χ0) is 16.9. The summed E-state index contributed by atoms with van der Waals surface area (Å²) in [7, 11) is 1.93. The number of amides is 1. The molecule has 0 aliphatic rings. The number of benzene rings is 2. The third kappa shape index (κ3) is 3.20. The predicted octanol–water partition coefficient (Wildman–Crippen LogP) is 3.34. The lowest BCUT2D eigenvalue weighted by Gasteiger charge is -2.22. The Morgan fingerprint density at radius 2 is 1.62 bits per heavy atom. The van der Waals surface area contributed by atoms with Crippen molar-refractivity contribution < 1.29 is 9.52 Å². The van der Waals surface area contributed by atoms with Crippen molar-refractivity contribution in [3.05, 3.63) is 89.9 Å². The summed E-state index contributed by atoms with van der Waals surface area (Å²) in [6.45, 7) is 0. The van der Waals surface area contributed by atoms with Crippen LogP contribution in [0.2, 0.25) is 0 Å². The smallest absolute Gasteiger partial charge is 0.321 e. The number of hydrogen-bond acceptors (Lipinski definition) is 3. The molecule has 0 aliphatic carbocycles. The average molecular weight is 319 g/mol. The van der Waals surface area contributed by atoms with Crippen molar-refractivity contribution in [2.75, 3.05) is 17.3 Å². The highest BCUT2D eigenvalue weighted by atomic mass is 16.5. The highest BCUT2D eigenvalue weighted by Gasteiger charge is 2.17. The second-order valence-corrected chi connectivity index (χ2v) is 5.28. The van der Waals surface area contributed by atoms with E-state index in [4.69, 9.17) is 0 Å². The lowest BCUT2D eigenvalue weighted by atomic mass is 10.2. The molecule has 1 heterocycles. The summed E-state index contributed by atoms with van der Waals surface area (Å²) in [5.74, 6) is -0.445. The van der Waals surface area contributed by atoms with Gasteiger partial charge in [0.15, 0.2) is 6.20 Å². The van der Waals surface area contributed by atoms with Gasteiger partial charge in [0, 0.05) is 24.9 Å². The van der Waals surface area contributed by atoms with E-state index in [1.807, 2.05) is 66.5 Å². The number of nitrogens with one attached hydrogen (secondary N) is 1. The highest BCUT2D eigenvalue weighted by Crippen LogP contribution is 2.30. The number of carbonyl (C=O) groups is 1. The fourth-order valence-electron chi connectivity index (χ4n) is 2.45. The maximum atomic E-state index is 12.4. The molecular weight excluding hydrogens is 302 g/mol. The zero-order valence-electron chi connectivity index (χ0n) is 13.2. The van der Waals surface area contributed by atoms with Crippen molar-refractivity contribution in [1.82, 2.24) is 0 Å². The Morgan fingerprint density at radius 3 is 2.38 bits per heavy atom. The fourth-order valence-corrected chi connectivity index (χ4v) is 2.45. The molecule has 3 aromatic rings. The second kappa shape index (κ2) is 6.83. The van der Waals surface area contributed by atoms with E-state index in [0.29, 0.717) is 10.4 Å². The maximum absolute atomic E-state index is 12.4. The van der Waals surface area contributed by atoms with E-state index in [1.165, 1.54) is 12.3 Å². The van der Waals surface area contributed by atoms with Crippen LogP contribution in [0.15, 0.2) is 79.0 Å². The van der Waals surface area contributed by atoms with Gasteiger partial charge < -0.3 is 15.4 Å². The molecule has 0 aliphatic heterocycles. The van der Waals surface area contributed by atoms with Gasteiger partial charge in [0.05, 0.1) is 11.4 Å². The summed E-state index contributed by atoms with van der Waals surface area (Å²) < 4.78 is 0.554. The van der Waals surface area contributed by atoms with Crippen LogP contribution in [0.25, 0.3) is 0 Å². The molecule has 24 heavy (non-hydrogen) atoms. The number of pyridine rings is 1. The Morgan fingerprint density at radius 1 is 0.958 bits per heavy atom. The van der Waals surface area contributed by atoms with E-state index in [0.717, 1.165) is 11.4 Å². The van der Waals surface area contributed by atoms with Gasteiger partial charge in [-0.25, -0.2) is 0 Å². The van der Waals surface area contributed by atoms with Crippen LogP contribution in [0.3, 0.4) is 0 Å². The van der Waals surface area contributed by atoms with Crippen molar-refractivity contribution in [3.63, 3.8) is 0 Å². The molecule has 5 heteroatoms. The molecule has 0 saturated carbocycles. The van der Waals surface area contributed by atoms with Gasteiger partial charge in [-0.3, -0.25) is 4.79 Å². The minimum absolute atomic E-state index is 0.0506. The average Bonchev–Trinajstić information content (AvgIpc) is 2.62. The normalized spacial score (nSPS) is 10.2. The van der Waals surface area contributed by atoms with Crippen LogP contribution >= 0.6 is 0 Å². The van der Waals surface area contributed by atoms with E-state index in [2.05, 4.69) is 5.32 Å². The third-order valence-corrected chi connectivity index (χ3v) is 3.71. The molecule has 0 unspecified atom stereocenters. The van der Waals surface area contributed by atoms with Gasteiger partial charge in [-0.1, -0.05) is 30.3 Å². The molecule has 1 aromatic heterocycles. The van der Waals surface area contributed by atoms with Gasteiger partial charge >= 0.3 is 5.91 Å². The Bertz CT molecular complexity index is 850. The number of aromatic nitrogens is 1. The molecule has 0 saturated heterocycles. The first-order chi connectivity index (χ1) is 11.7. The molecule has 0 atom stereocenters. The van der Waals surface area contributed by atoms with Crippen molar-refractivity contribution in [2.45, 2.75) is 0 Å². The molecule has 2 aromatic carbocycles. The lowest BCUT2D eigenvalue weighted by Crippen LogP contribution is -2.36. The number of hydrogen-bond donors (Lipinski definition) is 1. The van der Waals surface area contributed by atoms with Crippen LogP contribution in [0.5, 0.6) is 0 Å². The van der Waals surface area contributed by atoms with Crippen LogP contribution in [-0.4, -0.2) is 13.0 Å². The molecular formula is C19H17N3O2. The minimum Gasteiger partial charge on any atom is -0.618 e. The van der Waals surface area contributed by atoms with Crippen LogP contribution < -0.4 is 14.9 Å². The molecule has 5 nitrogen and oxygen atoms in total. The minimum atomic E-state index is -0.445. The van der Waals surface area contributed by atoms with E-state index in [1.54, 1.807) is 12.1 Å². The SMILES string of the molecule is CN(c1ccccc1)c1ccccc1NC(=O)c1cccc[n+]1[O-]. The molecule has 0 radical (unpaired) electrons. The Kier molecular flexibility index (Phi) is 4.43. The number of nitrogens with zero attached hydrogens (tertiary/aromatic N) is 2. The van der Waals surface area contributed by atoms with Gasteiger partial charge in [0.25, 0.3) is 5.69 Å². The predicted molar refractivity (Wildman–Crippen MR) is 94.3 cm³/mol. The van der Waals surface area contributed by atoms with Crippen LogP contribution in [-0.2, 0) is 0 Å². The Balaban J connectivity index is 1.90. The highest BCUT2D eigenvalue weighted by molar-refractivity contribution is 6.04. The van der Waals surface area contributed by atoms with E-state index >= 15 is 0 Å². The van der Waals surface area contributed by atoms with Crippen LogP contribution in [0.4, 0.5) is 17.1 Å². The third-order valence-electron chi connectivity index (χ3n) is 3.71. The fraction of sp³-hybridized carbons (Fsp3) is 0.0526. The molecule has 120 valence electrons. The molecule has 0 fully saturated rings. The van der Waals surface area contributed by atoms with Crippen molar-refractivity contribution in [2.24, 2.45) is 0 Å². The van der Waals surface area contributed by atoms with Gasteiger partial charge in [-0.2, -0.15) is 4.73 Å². The van der Waals surface area contributed by atoms with Gasteiger partial charge in [-0.15, -0.1) is 0 Å². The van der Waals surface area contributed by atoms with Gasteiger partial charge in [-0.05, 0) is 30.3 Å². The van der Waals surface area contributed by atoms with Crippen LogP contribution in [0, 0.1) is 5.21 Å². The number of anilines is 3. The number of rotatable bonds is 4. The van der Waals surface area contributed by atoms with Crippen LogP contribution in [0.1, 0.15) is 10.5 Å². The molecule has 1 N–H and O–H groups in total. The molecule has 1 amide bonds. The van der Waals surface area contributed by atoms with Crippen molar-refractivity contribution in [1.29, 1.82) is 0 Å². The quantitative estimate of drug-likeness (QED) is 0.593. The molecule has 0 spiro atoms. The lowest BCUT2D eigenvalue weighted by molar-refractivity contribution is -0.607. The standard InChI is InChI=1S/C19H17N3O2/c1-21(15-9-3-2-4-10-15)17-12-6-5-11-16(17)20-19(23)18-13-7-8-14-22(18)24/h2-14H,1H3,(H,20,23). The summed E-state index contributed by atoms with van der Waals surface area (Å²) in [6.07, 6.45) is 1.30. The summed E-state index contributed by atoms with van der Waals surface area (Å²) in [4.78, 5) is 14.4. The maximum Gasteiger partial charge on any atom is 0.321 e. The summed E-state index contributed by atoms with van der Waals surface area (Å²) >= 11 is 0. The first-order valence-electron chi connectivity index (χ1n) is 7.54. The van der Waals surface area contributed by atoms with Crippen molar-refractivity contribution in [3.8, 4) is 0 Å². The second-order valence-electron chi connectivity index (χ2n) is 5.28. The van der Waals surface area contributed by atoms with E-state index in [-0.39, 0.29) is 5.69 Å². The Hall–Kier alpha value is -3.34. The summed E-state index contributed by atoms with van der Waals surface area (Å²) in [5, 5.41) is 14.6. The zero-order valence-corrected chi connectivity index (χ0v) is 13.2. The van der Waals surface area contributed by atoms with Gasteiger partial charge in [0.1, 0.15) is 0 Å². The molecule has 3 rings (SSSR count). The van der Waals surface area contributed by atoms with E-state index in [9.17, 15) is 10.0 Å². The molecule has 0 bridgehead atoms. The summed E-state index contributed by atoms with van der Waals surface area (Å²) in [5.41, 5.74) is 2.52. The van der Waals surface area contributed by atoms with Crippen molar-refractivity contribution >= 4 is 23.0 Å². The first kappa shape index (κ1) is 15.6. The number of carbonyl (C=O) groups excluding carboxylic acids is 1. The van der Waals surface area contributed by atoms with Gasteiger partial charge in [0.2, 0.25) is 0 Å². The monoisotopic (exact) mass is 319 g/mol. The largest absolute Gasteiger partial charge is 0.618 e. The topological polar surface area (TPSA) is 59.3 Å².